The zero-order chi connectivity index (χ0) is 19.9. The number of hydrogen-bond donors (Lipinski definition) is 2. The number of hydrazone groups is 1. The second kappa shape index (κ2) is 8.67. The Morgan fingerprint density at radius 1 is 1.00 bits per heavy atom. The van der Waals surface area contributed by atoms with Crippen LogP contribution >= 0.6 is 0 Å². The van der Waals surface area contributed by atoms with E-state index < -0.39 is 17.8 Å². The normalized spacial score (nSPS) is 12.4. The Kier molecular flexibility index (Phi) is 5.85. The van der Waals surface area contributed by atoms with E-state index >= 15 is 0 Å². The molecule has 0 saturated heterocycles. The molecular formula is C19H16N3O6-. The lowest BCUT2D eigenvalue weighted by molar-refractivity contribution is -0.255. The molecule has 1 aliphatic rings. The van der Waals surface area contributed by atoms with E-state index in [-0.39, 0.29) is 12.1 Å². The summed E-state index contributed by atoms with van der Waals surface area (Å²) in [5, 5.41) is 16.9. The maximum absolute atomic E-state index is 12.1. The summed E-state index contributed by atoms with van der Waals surface area (Å²) >= 11 is 0. The number of hydrogen-bond acceptors (Lipinski definition) is 7. The molecule has 0 aromatic heterocycles. The lowest BCUT2D eigenvalue weighted by Gasteiger charge is -2.18. The van der Waals surface area contributed by atoms with Crippen LogP contribution in [-0.2, 0) is 4.79 Å². The van der Waals surface area contributed by atoms with Crippen molar-refractivity contribution in [3.63, 3.8) is 0 Å². The van der Waals surface area contributed by atoms with Crippen molar-refractivity contribution in [2.75, 3.05) is 19.8 Å². The number of ether oxygens (including phenoxy) is 2. The first-order valence-corrected chi connectivity index (χ1v) is 8.34. The van der Waals surface area contributed by atoms with Gasteiger partial charge in [0, 0.05) is 5.56 Å². The molecule has 2 aromatic rings. The molecule has 3 rings (SSSR count). The number of nitrogens with one attached hydrogen (secondary N) is 2. The van der Waals surface area contributed by atoms with Crippen LogP contribution in [-0.4, -0.2) is 43.8 Å². The lowest BCUT2D eigenvalue weighted by atomic mass is 10.1. The molecule has 0 fully saturated rings. The van der Waals surface area contributed by atoms with Crippen molar-refractivity contribution >= 4 is 24.0 Å². The monoisotopic (exact) mass is 382 g/mol. The van der Waals surface area contributed by atoms with E-state index in [2.05, 4.69) is 15.8 Å². The third-order valence-electron chi connectivity index (χ3n) is 3.76. The summed E-state index contributed by atoms with van der Waals surface area (Å²) in [4.78, 5) is 34.6. The van der Waals surface area contributed by atoms with Crippen molar-refractivity contribution in [3.05, 3.63) is 59.2 Å². The van der Waals surface area contributed by atoms with Gasteiger partial charge in [0.25, 0.3) is 11.8 Å². The van der Waals surface area contributed by atoms with Crippen molar-refractivity contribution in [2.24, 2.45) is 5.10 Å². The van der Waals surface area contributed by atoms with Gasteiger partial charge < -0.3 is 24.7 Å². The van der Waals surface area contributed by atoms with Crippen LogP contribution in [0.1, 0.15) is 26.3 Å². The van der Waals surface area contributed by atoms with Crippen molar-refractivity contribution in [3.8, 4) is 11.5 Å². The molecule has 9 nitrogen and oxygen atoms in total. The van der Waals surface area contributed by atoms with Gasteiger partial charge >= 0.3 is 0 Å². The van der Waals surface area contributed by atoms with E-state index in [4.69, 9.17) is 9.47 Å². The van der Waals surface area contributed by atoms with Gasteiger partial charge in [-0.15, -0.1) is 0 Å². The highest BCUT2D eigenvalue weighted by Gasteiger charge is 2.15. The summed E-state index contributed by atoms with van der Waals surface area (Å²) in [5.74, 6) is -1.17. The SMILES string of the molecule is O=C(CNC(=O)c1ccc2c(c1)OCCO2)N/N=C\c1ccc(C(=O)[O-])cc1. The number of carbonyl (C=O) groups excluding carboxylic acids is 3. The Balaban J connectivity index is 1.47. The summed E-state index contributed by atoms with van der Waals surface area (Å²) in [7, 11) is 0. The van der Waals surface area contributed by atoms with E-state index in [0.29, 0.717) is 35.8 Å². The van der Waals surface area contributed by atoms with Gasteiger partial charge in [0.05, 0.1) is 18.7 Å². The number of carboxylic acid groups (broad SMARTS) is 1. The molecular weight excluding hydrogens is 366 g/mol. The predicted molar refractivity (Wildman–Crippen MR) is 96.3 cm³/mol. The van der Waals surface area contributed by atoms with E-state index in [1.54, 1.807) is 18.2 Å². The first-order valence-electron chi connectivity index (χ1n) is 8.34. The highest BCUT2D eigenvalue weighted by Crippen LogP contribution is 2.30. The third-order valence-corrected chi connectivity index (χ3v) is 3.76. The number of rotatable bonds is 6. The van der Waals surface area contributed by atoms with E-state index in [0.717, 1.165) is 0 Å². The summed E-state index contributed by atoms with van der Waals surface area (Å²) < 4.78 is 10.8. The molecule has 2 N–H and O–H groups in total. The lowest BCUT2D eigenvalue weighted by Crippen LogP contribution is -2.35. The van der Waals surface area contributed by atoms with Crippen LogP contribution in [0.4, 0.5) is 0 Å². The number of aromatic carboxylic acids is 1. The van der Waals surface area contributed by atoms with E-state index in [1.165, 1.54) is 30.5 Å². The maximum atomic E-state index is 12.1. The van der Waals surface area contributed by atoms with Gasteiger partial charge in [-0.3, -0.25) is 9.59 Å². The summed E-state index contributed by atoms with van der Waals surface area (Å²) in [6.07, 6.45) is 1.35. The number of carbonyl (C=O) groups is 3. The van der Waals surface area contributed by atoms with Crippen LogP contribution in [0.3, 0.4) is 0 Å². The summed E-state index contributed by atoms with van der Waals surface area (Å²) in [6.45, 7) is 0.600. The van der Waals surface area contributed by atoms with Crippen LogP contribution in [0.2, 0.25) is 0 Å². The highest BCUT2D eigenvalue weighted by molar-refractivity contribution is 5.97. The topological polar surface area (TPSA) is 129 Å². The fourth-order valence-corrected chi connectivity index (χ4v) is 2.37. The molecule has 1 aliphatic heterocycles. The number of benzene rings is 2. The second-order valence-electron chi connectivity index (χ2n) is 5.74. The van der Waals surface area contributed by atoms with Crippen molar-refractivity contribution in [1.82, 2.24) is 10.7 Å². The van der Waals surface area contributed by atoms with Crippen LogP contribution in [0.25, 0.3) is 0 Å². The van der Waals surface area contributed by atoms with Crippen LogP contribution < -0.4 is 25.3 Å². The summed E-state index contributed by atoms with van der Waals surface area (Å²) in [6, 6.07) is 10.5. The van der Waals surface area contributed by atoms with Gasteiger partial charge in [-0.2, -0.15) is 5.10 Å². The average molecular weight is 382 g/mol. The fourth-order valence-electron chi connectivity index (χ4n) is 2.37. The second-order valence-corrected chi connectivity index (χ2v) is 5.74. The minimum atomic E-state index is -1.27. The van der Waals surface area contributed by atoms with Crippen LogP contribution in [0, 0.1) is 0 Å². The predicted octanol–water partition coefficient (Wildman–Crippen LogP) is -0.299. The fraction of sp³-hybridized carbons (Fsp3) is 0.158. The highest BCUT2D eigenvalue weighted by atomic mass is 16.6. The number of carboxylic acids is 1. The molecule has 28 heavy (non-hydrogen) atoms. The minimum absolute atomic E-state index is 0.0445. The molecule has 144 valence electrons. The van der Waals surface area contributed by atoms with Crippen LogP contribution in [0.5, 0.6) is 11.5 Å². The van der Waals surface area contributed by atoms with Gasteiger partial charge in [-0.05, 0) is 29.3 Å². The molecule has 2 amide bonds. The quantitative estimate of drug-likeness (QED) is 0.521. The Bertz CT molecular complexity index is 924. The molecule has 2 aromatic carbocycles. The van der Waals surface area contributed by atoms with E-state index in [9.17, 15) is 19.5 Å². The number of nitrogens with zero attached hydrogens (tertiary/aromatic N) is 1. The number of amides is 2. The molecule has 1 heterocycles. The maximum Gasteiger partial charge on any atom is 0.259 e. The van der Waals surface area contributed by atoms with Crippen molar-refractivity contribution in [1.29, 1.82) is 0 Å². The largest absolute Gasteiger partial charge is 0.545 e. The van der Waals surface area contributed by atoms with E-state index in [1.807, 2.05) is 0 Å². The molecule has 0 aliphatic carbocycles. The first kappa shape index (κ1) is 18.9. The third kappa shape index (κ3) is 4.85. The molecule has 0 atom stereocenters. The Morgan fingerprint density at radius 3 is 2.39 bits per heavy atom. The Hall–Kier alpha value is -3.88. The van der Waals surface area contributed by atoms with Crippen LogP contribution in [0.15, 0.2) is 47.6 Å². The molecule has 0 saturated carbocycles. The molecule has 0 bridgehead atoms. The molecule has 0 radical (unpaired) electrons. The molecule has 9 heteroatoms. The number of fused-ring (bicyclic) bond motifs is 1. The van der Waals surface area contributed by atoms with Crippen molar-refractivity contribution in [2.45, 2.75) is 0 Å². The standard InChI is InChI=1S/C19H17N3O6/c23-17(22-21-10-12-1-3-13(4-2-12)19(25)26)11-20-18(24)14-5-6-15-16(9-14)28-8-7-27-15/h1-6,9-10H,7-8,11H2,(H,20,24)(H,22,23)(H,25,26)/p-1/b21-10-. The first-order chi connectivity index (χ1) is 13.5. The molecule has 0 spiro atoms. The van der Waals surface area contributed by atoms with Gasteiger partial charge in [0.2, 0.25) is 0 Å². The average Bonchev–Trinajstić information content (AvgIpc) is 2.72. The smallest absolute Gasteiger partial charge is 0.259 e. The van der Waals surface area contributed by atoms with Gasteiger partial charge in [0.1, 0.15) is 13.2 Å². The zero-order valence-corrected chi connectivity index (χ0v) is 14.6. The Morgan fingerprint density at radius 2 is 1.68 bits per heavy atom. The van der Waals surface area contributed by atoms with Gasteiger partial charge in [-0.25, -0.2) is 5.43 Å². The van der Waals surface area contributed by atoms with Gasteiger partial charge in [0.15, 0.2) is 11.5 Å². The van der Waals surface area contributed by atoms with Crippen molar-refractivity contribution < 1.29 is 29.0 Å². The Labute approximate surface area is 160 Å². The molecule has 0 unspecified atom stereocenters. The zero-order valence-electron chi connectivity index (χ0n) is 14.6. The minimum Gasteiger partial charge on any atom is -0.545 e. The van der Waals surface area contributed by atoms with Gasteiger partial charge in [-0.1, -0.05) is 24.3 Å². The summed E-state index contributed by atoms with van der Waals surface area (Å²) in [5.41, 5.74) is 3.24.